The van der Waals surface area contributed by atoms with Gasteiger partial charge in [-0.2, -0.15) is 0 Å². The molecular formula is C15H18N4O2S. The topological polar surface area (TPSA) is 84.0 Å². The Morgan fingerprint density at radius 3 is 2.55 bits per heavy atom. The molecule has 0 radical (unpaired) electrons. The van der Waals surface area contributed by atoms with Gasteiger partial charge in [-0.3, -0.25) is 0 Å². The number of aryl methyl sites for hydroxylation is 1. The van der Waals surface area contributed by atoms with Gasteiger partial charge >= 0.3 is 0 Å². The highest BCUT2D eigenvalue weighted by Gasteiger charge is 2.27. The minimum Gasteiger partial charge on any atom is -0.366 e. The lowest BCUT2D eigenvalue weighted by Crippen LogP contribution is -2.21. The van der Waals surface area contributed by atoms with Crippen LogP contribution in [0.4, 0.5) is 17.3 Å². The molecule has 1 aromatic heterocycles. The summed E-state index contributed by atoms with van der Waals surface area (Å²) in [4.78, 5) is 8.33. The van der Waals surface area contributed by atoms with Crippen LogP contribution in [0, 0.1) is 6.92 Å². The molecule has 6 nitrogen and oxygen atoms in total. The van der Waals surface area contributed by atoms with Gasteiger partial charge in [-0.15, -0.1) is 0 Å². The first-order valence-corrected chi connectivity index (χ1v) is 8.95. The second-order valence-corrected chi connectivity index (χ2v) is 7.75. The Kier molecular flexibility index (Phi) is 3.98. The Hall–Kier alpha value is -2.15. The Bertz CT molecular complexity index is 759. The van der Waals surface area contributed by atoms with Gasteiger partial charge in [0.05, 0.1) is 11.5 Å². The summed E-state index contributed by atoms with van der Waals surface area (Å²) in [6, 6.07) is 9.71. The molecule has 0 spiro atoms. The zero-order chi connectivity index (χ0) is 15.6. The van der Waals surface area contributed by atoms with E-state index in [1.165, 1.54) is 11.9 Å². The molecule has 1 aliphatic rings. The largest absolute Gasteiger partial charge is 0.366 e. The van der Waals surface area contributed by atoms with Crippen molar-refractivity contribution in [3.63, 3.8) is 0 Å². The van der Waals surface area contributed by atoms with Gasteiger partial charge in [0, 0.05) is 17.8 Å². The molecule has 1 atom stereocenters. The van der Waals surface area contributed by atoms with Gasteiger partial charge in [0.2, 0.25) is 0 Å². The van der Waals surface area contributed by atoms with Crippen LogP contribution in [0.2, 0.25) is 0 Å². The van der Waals surface area contributed by atoms with Gasteiger partial charge in [-0.25, -0.2) is 18.4 Å². The zero-order valence-electron chi connectivity index (χ0n) is 12.3. The third-order valence-electron chi connectivity index (χ3n) is 3.58. The summed E-state index contributed by atoms with van der Waals surface area (Å²) in [6.45, 7) is 2.03. The molecule has 7 heteroatoms. The molecule has 0 bridgehead atoms. The lowest BCUT2D eigenvalue weighted by atomic mass is 10.2. The molecule has 1 aromatic carbocycles. The van der Waals surface area contributed by atoms with Crippen molar-refractivity contribution in [2.24, 2.45) is 0 Å². The minimum atomic E-state index is -2.90. The van der Waals surface area contributed by atoms with Crippen LogP contribution in [0.5, 0.6) is 0 Å². The van der Waals surface area contributed by atoms with Crippen LogP contribution < -0.4 is 10.6 Å². The number of benzene rings is 1. The van der Waals surface area contributed by atoms with Crippen molar-refractivity contribution in [1.29, 1.82) is 0 Å². The summed E-state index contributed by atoms with van der Waals surface area (Å²) in [6.07, 6.45) is 2.08. The number of hydrogen-bond donors (Lipinski definition) is 2. The maximum absolute atomic E-state index is 11.5. The SMILES string of the molecule is Cc1ccc(Nc2cc(NC3CCS(=O)(=O)C3)ncn2)cc1. The van der Waals surface area contributed by atoms with E-state index in [1.54, 1.807) is 6.07 Å². The van der Waals surface area contributed by atoms with Gasteiger partial charge < -0.3 is 10.6 Å². The van der Waals surface area contributed by atoms with E-state index in [2.05, 4.69) is 20.6 Å². The van der Waals surface area contributed by atoms with Crippen molar-refractivity contribution in [3.05, 3.63) is 42.2 Å². The summed E-state index contributed by atoms with van der Waals surface area (Å²) in [5.41, 5.74) is 2.14. The molecule has 0 amide bonds. The van der Waals surface area contributed by atoms with E-state index in [1.807, 2.05) is 31.2 Å². The minimum absolute atomic E-state index is 0.0767. The van der Waals surface area contributed by atoms with Crippen LogP contribution in [-0.4, -0.2) is 35.9 Å². The summed E-state index contributed by atoms with van der Waals surface area (Å²) < 4.78 is 23.0. The summed E-state index contributed by atoms with van der Waals surface area (Å²) >= 11 is 0. The molecule has 1 saturated heterocycles. The van der Waals surface area contributed by atoms with Crippen molar-refractivity contribution < 1.29 is 8.42 Å². The highest BCUT2D eigenvalue weighted by Crippen LogP contribution is 2.19. The molecule has 2 aromatic rings. The van der Waals surface area contributed by atoms with E-state index in [9.17, 15) is 8.42 Å². The number of nitrogens with one attached hydrogen (secondary N) is 2. The average Bonchev–Trinajstić information content (AvgIpc) is 2.81. The molecule has 0 saturated carbocycles. The Labute approximate surface area is 129 Å². The van der Waals surface area contributed by atoms with E-state index in [-0.39, 0.29) is 17.5 Å². The molecule has 22 heavy (non-hydrogen) atoms. The first-order valence-electron chi connectivity index (χ1n) is 7.13. The molecule has 2 N–H and O–H groups in total. The molecule has 2 heterocycles. The van der Waals surface area contributed by atoms with E-state index in [0.717, 1.165) is 5.69 Å². The van der Waals surface area contributed by atoms with Crippen molar-refractivity contribution in [2.45, 2.75) is 19.4 Å². The molecule has 1 aliphatic heterocycles. The number of hydrogen-bond acceptors (Lipinski definition) is 6. The number of rotatable bonds is 4. The van der Waals surface area contributed by atoms with Gasteiger partial charge in [0.25, 0.3) is 0 Å². The van der Waals surface area contributed by atoms with Crippen molar-refractivity contribution in [1.82, 2.24) is 9.97 Å². The predicted molar refractivity (Wildman–Crippen MR) is 87.2 cm³/mol. The maximum Gasteiger partial charge on any atom is 0.152 e. The maximum atomic E-state index is 11.5. The van der Waals surface area contributed by atoms with Crippen LogP contribution in [0.25, 0.3) is 0 Å². The quantitative estimate of drug-likeness (QED) is 0.898. The Morgan fingerprint density at radius 2 is 1.86 bits per heavy atom. The van der Waals surface area contributed by atoms with E-state index >= 15 is 0 Å². The van der Waals surface area contributed by atoms with Gasteiger partial charge in [0.15, 0.2) is 9.84 Å². The first kappa shape index (κ1) is 14.8. The molecule has 3 rings (SSSR count). The van der Waals surface area contributed by atoms with E-state index < -0.39 is 9.84 Å². The zero-order valence-corrected chi connectivity index (χ0v) is 13.1. The molecule has 1 unspecified atom stereocenters. The van der Waals surface area contributed by atoms with Gasteiger partial charge in [0.1, 0.15) is 18.0 Å². The van der Waals surface area contributed by atoms with E-state index in [0.29, 0.717) is 18.1 Å². The second-order valence-electron chi connectivity index (χ2n) is 5.52. The van der Waals surface area contributed by atoms with Crippen molar-refractivity contribution in [3.8, 4) is 0 Å². The number of anilines is 3. The van der Waals surface area contributed by atoms with Crippen LogP contribution in [0.3, 0.4) is 0 Å². The predicted octanol–water partition coefficient (Wildman–Crippen LogP) is 2.13. The first-order chi connectivity index (χ1) is 10.5. The standard InChI is InChI=1S/C15H18N4O2S/c1-11-2-4-12(5-3-11)18-14-8-15(17-10-16-14)19-13-6-7-22(20,21)9-13/h2-5,8,10,13H,6-7,9H2,1H3,(H2,16,17,18,19). The summed E-state index contributed by atoms with van der Waals surface area (Å²) in [7, 11) is -2.90. The lowest BCUT2D eigenvalue weighted by Gasteiger charge is -2.12. The Morgan fingerprint density at radius 1 is 1.14 bits per heavy atom. The van der Waals surface area contributed by atoms with E-state index in [4.69, 9.17) is 0 Å². The number of aromatic nitrogens is 2. The summed E-state index contributed by atoms with van der Waals surface area (Å²) in [5, 5.41) is 6.36. The van der Waals surface area contributed by atoms with Crippen molar-refractivity contribution >= 4 is 27.2 Å². The lowest BCUT2D eigenvalue weighted by molar-refractivity contribution is 0.602. The van der Waals surface area contributed by atoms with Crippen LogP contribution in [0.15, 0.2) is 36.7 Å². The fourth-order valence-corrected chi connectivity index (χ4v) is 4.08. The second kappa shape index (κ2) is 5.92. The molecule has 0 aliphatic carbocycles. The molecular weight excluding hydrogens is 300 g/mol. The monoisotopic (exact) mass is 318 g/mol. The molecule has 1 fully saturated rings. The number of sulfone groups is 1. The summed E-state index contributed by atoms with van der Waals surface area (Å²) in [5.74, 6) is 1.70. The van der Waals surface area contributed by atoms with Crippen LogP contribution in [-0.2, 0) is 9.84 Å². The highest BCUT2D eigenvalue weighted by atomic mass is 32.2. The van der Waals surface area contributed by atoms with Crippen LogP contribution in [0.1, 0.15) is 12.0 Å². The smallest absolute Gasteiger partial charge is 0.152 e. The Balaban J connectivity index is 1.68. The third kappa shape index (κ3) is 3.73. The molecule has 116 valence electrons. The van der Waals surface area contributed by atoms with Gasteiger partial charge in [-0.05, 0) is 25.5 Å². The highest BCUT2D eigenvalue weighted by molar-refractivity contribution is 7.91. The van der Waals surface area contributed by atoms with Gasteiger partial charge in [-0.1, -0.05) is 17.7 Å². The van der Waals surface area contributed by atoms with Crippen LogP contribution >= 0.6 is 0 Å². The number of nitrogens with zero attached hydrogens (tertiary/aromatic N) is 2. The fraction of sp³-hybridized carbons (Fsp3) is 0.333. The average molecular weight is 318 g/mol. The fourth-order valence-electron chi connectivity index (χ4n) is 2.41. The third-order valence-corrected chi connectivity index (χ3v) is 5.34. The van der Waals surface area contributed by atoms with Crippen molar-refractivity contribution in [2.75, 3.05) is 22.1 Å². The normalized spacial score (nSPS) is 19.8.